The zero-order valence-electron chi connectivity index (χ0n) is 17.8. The maximum atomic E-state index is 11.7. The van der Waals surface area contributed by atoms with E-state index in [1.54, 1.807) is 25.4 Å². The SMILES string of the molecule is CN=C(NCCc1cccc(C(=O)NC)c1)NCCc1nc(C(C)(C)C)cs1.I. The van der Waals surface area contributed by atoms with Crippen molar-refractivity contribution in [1.82, 2.24) is 20.9 Å². The number of hydrogen-bond donors (Lipinski definition) is 3. The number of nitrogens with zero attached hydrogens (tertiary/aromatic N) is 2. The van der Waals surface area contributed by atoms with E-state index >= 15 is 0 Å². The molecule has 0 aliphatic rings. The van der Waals surface area contributed by atoms with E-state index in [9.17, 15) is 4.79 Å². The molecule has 1 heterocycles. The normalized spacial score (nSPS) is 11.6. The topological polar surface area (TPSA) is 78.4 Å². The van der Waals surface area contributed by atoms with Crippen LogP contribution < -0.4 is 16.0 Å². The molecule has 0 unspecified atom stereocenters. The molecule has 2 rings (SSSR count). The number of nitrogens with one attached hydrogen (secondary N) is 3. The van der Waals surface area contributed by atoms with Gasteiger partial charge in [0.2, 0.25) is 0 Å². The molecule has 0 radical (unpaired) electrons. The van der Waals surface area contributed by atoms with E-state index in [1.165, 1.54) is 0 Å². The molecule has 0 aliphatic heterocycles. The van der Waals surface area contributed by atoms with Crippen molar-refractivity contribution in [3.63, 3.8) is 0 Å². The minimum Gasteiger partial charge on any atom is -0.356 e. The molecule has 29 heavy (non-hydrogen) atoms. The molecule has 8 heteroatoms. The summed E-state index contributed by atoms with van der Waals surface area (Å²) in [7, 11) is 3.41. The third kappa shape index (κ3) is 8.30. The van der Waals surface area contributed by atoms with E-state index in [1.807, 2.05) is 24.3 Å². The fraction of sp³-hybridized carbons (Fsp3) is 0.476. The second kappa shape index (κ2) is 12.1. The van der Waals surface area contributed by atoms with E-state index < -0.39 is 0 Å². The Morgan fingerprint density at radius 2 is 1.86 bits per heavy atom. The average molecular weight is 529 g/mol. The second-order valence-electron chi connectivity index (χ2n) is 7.58. The zero-order valence-corrected chi connectivity index (χ0v) is 21.0. The summed E-state index contributed by atoms with van der Waals surface area (Å²) in [4.78, 5) is 20.7. The van der Waals surface area contributed by atoms with E-state index in [-0.39, 0.29) is 35.3 Å². The van der Waals surface area contributed by atoms with Crippen molar-refractivity contribution < 1.29 is 4.79 Å². The number of aliphatic imine (C=N–C) groups is 1. The van der Waals surface area contributed by atoms with Gasteiger partial charge in [-0.1, -0.05) is 32.9 Å². The highest BCUT2D eigenvalue weighted by Gasteiger charge is 2.17. The Hall–Kier alpha value is -1.68. The predicted octanol–water partition coefficient (Wildman–Crippen LogP) is 3.37. The van der Waals surface area contributed by atoms with Crippen LogP contribution in [-0.4, -0.2) is 44.0 Å². The molecule has 0 atom stereocenters. The Labute approximate surface area is 195 Å². The van der Waals surface area contributed by atoms with Crippen molar-refractivity contribution >= 4 is 47.2 Å². The fourth-order valence-corrected chi connectivity index (χ4v) is 3.64. The lowest BCUT2D eigenvalue weighted by atomic mass is 9.93. The first-order chi connectivity index (χ1) is 13.3. The number of carbonyl (C=O) groups excluding carboxylic acids is 1. The molecule has 3 N–H and O–H groups in total. The van der Waals surface area contributed by atoms with Gasteiger partial charge in [-0.2, -0.15) is 0 Å². The molecule has 0 spiro atoms. The Morgan fingerprint density at radius 3 is 2.45 bits per heavy atom. The number of halogens is 1. The summed E-state index contributed by atoms with van der Waals surface area (Å²) in [5.74, 6) is 0.708. The molecule has 0 aliphatic carbocycles. The largest absolute Gasteiger partial charge is 0.356 e. The van der Waals surface area contributed by atoms with E-state index in [4.69, 9.17) is 4.98 Å². The Bertz CT molecular complexity index is 813. The predicted molar refractivity (Wildman–Crippen MR) is 133 cm³/mol. The summed E-state index contributed by atoms with van der Waals surface area (Å²) in [5.41, 5.74) is 3.03. The number of rotatable bonds is 7. The van der Waals surface area contributed by atoms with Crippen molar-refractivity contribution in [3.8, 4) is 0 Å². The molecule has 160 valence electrons. The molecule has 1 amide bonds. The van der Waals surface area contributed by atoms with Gasteiger partial charge in [0.25, 0.3) is 5.91 Å². The van der Waals surface area contributed by atoms with E-state index in [2.05, 4.69) is 47.1 Å². The van der Waals surface area contributed by atoms with Crippen LogP contribution in [0.1, 0.15) is 47.4 Å². The summed E-state index contributed by atoms with van der Waals surface area (Å²) in [6.45, 7) is 8.06. The standard InChI is InChI=1S/C21H31N5OS.HI/c1-21(2,3)17-14-28-18(26-17)10-12-25-20(23-5)24-11-9-15-7-6-8-16(13-15)19(27)22-4;/h6-8,13-14H,9-12H2,1-5H3,(H,22,27)(H2,23,24,25);1H. The maximum Gasteiger partial charge on any atom is 0.251 e. The van der Waals surface area contributed by atoms with Crippen LogP contribution in [0.3, 0.4) is 0 Å². The molecule has 0 bridgehead atoms. The van der Waals surface area contributed by atoms with Crippen LogP contribution in [-0.2, 0) is 18.3 Å². The Morgan fingerprint density at radius 1 is 1.17 bits per heavy atom. The minimum absolute atomic E-state index is 0. The summed E-state index contributed by atoms with van der Waals surface area (Å²) in [5, 5.41) is 12.6. The van der Waals surface area contributed by atoms with Gasteiger partial charge in [-0.05, 0) is 24.1 Å². The smallest absolute Gasteiger partial charge is 0.251 e. The number of thiazole rings is 1. The first-order valence-corrected chi connectivity index (χ1v) is 10.4. The highest BCUT2D eigenvalue weighted by molar-refractivity contribution is 14.0. The first kappa shape index (κ1) is 25.4. The molecular weight excluding hydrogens is 497 g/mol. The lowest BCUT2D eigenvalue weighted by molar-refractivity contribution is 0.0963. The molecule has 0 saturated carbocycles. The number of carbonyl (C=O) groups is 1. The lowest BCUT2D eigenvalue weighted by Gasteiger charge is -2.14. The number of guanidine groups is 1. The van der Waals surface area contributed by atoms with Crippen LogP contribution in [0, 0.1) is 0 Å². The summed E-state index contributed by atoms with van der Waals surface area (Å²) < 4.78 is 0. The first-order valence-electron chi connectivity index (χ1n) is 9.54. The highest BCUT2D eigenvalue weighted by atomic mass is 127. The summed E-state index contributed by atoms with van der Waals surface area (Å²) in [6.07, 6.45) is 1.68. The Kier molecular flexibility index (Phi) is 10.6. The monoisotopic (exact) mass is 529 g/mol. The fourth-order valence-electron chi connectivity index (χ4n) is 2.62. The molecule has 2 aromatic rings. The van der Waals surface area contributed by atoms with Crippen LogP contribution >= 0.6 is 35.3 Å². The molecule has 1 aromatic carbocycles. The number of hydrogen-bond acceptors (Lipinski definition) is 4. The van der Waals surface area contributed by atoms with E-state index in [0.29, 0.717) is 5.56 Å². The number of amides is 1. The number of aromatic nitrogens is 1. The summed E-state index contributed by atoms with van der Waals surface area (Å²) in [6, 6.07) is 7.68. The molecule has 1 aromatic heterocycles. The second-order valence-corrected chi connectivity index (χ2v) is 8.52. The average Bonchev–Trinajstić information content (AvgIpc) is 3.16. The van der Waals surface area contributed by atoms with Crippen LogP contribution in [0.4, 0.5) is 0 Å². The maximum absolute atomic E-state index is 11.7. The van der Waals surface area contributed by atoms with Crippen LogP contribution in [0.2, 0.25) is 0 Å². The quantitative estimate of drug-likeness (QED) is 0.292. The van der Waals surface area contributed by atoms with Gasteiger partial charge in [-0.15, -0.1) is 35.3 Å². The molecular formula is C21H32IN5OS. The van der Waals surface area contributed by atoms with Gasteiger partial charge in [0.1, 0.15) is 0 Å². The van der Waals surface area contributed by atoms with Gasteiger partial charge in [-0.3, -0.25) is 9.79 Å². The van der Waals surface area contributed by atoms with E-state index in [0.717, 1.165) is 48.2 Å². The highest BCUT2D eigenvalue weighted by Crippen LogP contribution is 2.23. The minimum atomic E-state index is -0.0657. The molecule has 0 fully saturated rings. The van der Waals surface area contributed by atoms with Gasteiger partial charge in [0.05, 0.1) is 10.7 Å². The van der Waals surface area contributed by atoms with Crippen LogP contribution in [0.5, 0.6) is 0 Å². The van der Waals surface area contributed by atoms with Crippen molar-refractivity contribution in [2.45, 2.75) is 39.0 Å². The third-order valence-electron chi connectivity index (χ3n) is 4.30. The van der Waals surface area contributed by atoms with Gasteiger partial charge in [0.15, 0.2) is 5.96 Å². The van der Waals surface area contributed by atoms with Gasteiger partial charge in [-0.25, -0.2) is 4.98 Å². The van der Waals surface area contributed by atoms with Crippen LogP contribution in [0.15, 0.2) is 34.6 Å². The lowest BCUT2D eigenvalue weighted by Crippen LogP contribution is -2.39. The van der Waals surface area contributed by atoms with Gasteiger partial charge < -0.3 is 16.0 Å². The van der Waals surface area contributed by atoms with Gasteiger partial charge >= 0.3 is 0 Å². The van der Waals surface area contributed by atoms with Gasteiger partial charge in [0, 0.05) is 50.0 Å². The molecule has 6 nitrogen and oxygen atoms in total. The third-order valence-corrected chi connectivity index (χ3v) is 5.21. The number of benzene rings is 1. The summed E-state index contributed by atoms with van der Waals surface area (Å²) >= 11 is 1.71. The molecule has 0 saturated heterocycles. The Balaban J connectivity index is 0.00000420. The zero-order chi connectivity index (χ0) is 20.6. The van der Waals surface area contributed by atoms with Crippen molar-refractivity contribution in [1.29, 1.82) is 0 Å². The van der Waals surface area contributed by atoms with Crippen molar-refractivity contribution in [2.75, 3.05) is 27.2 Å². The van der Waals surface area contributed by atoms with Crippen molar-refractivity contribution in [2.24, 2.45) is 4.99 Å². The van der Waals surface area contributed by atoms with Crippen molar-refractivity contribution in [3.05, 3.63) is 51.5 Å². The van der Waals surface area contributed by atoms with Crippen LogP contribution in [0.25, 0.3) is 0 Å².